The standard InChI is InChI=1S/C26H26N4O/c31-26(21-9-6-14-30(17-21)18-23-10-3-4-13-27-23)28-22-11-5-8-19(15-22)25-16-20-7-1-2-12-24(20)29-25/h1-5,7-8,10-13,15-16,21,29H,6,9,14,17-18H2,(H,28,31). The average molecular weight is 411 g/mol. The van der Waals surface area contributed by atoms with E-state index < -0.39 is 0 Å². The van der Waals surface area contributed by atoms with Crippen molar-refractivity contribution in [3.63, 3.8) is 0 Å². The molecule has 0 spiro atoms. The van der Waals surface area contributed by atoms with Gasteiger partial charge < -0.3 is 10.3 Å². The third-order valence-corrected chi connectivity index (χ3v) is 5.96. The summed E-state index contributed by atoms with van der Waals surface area (Å²) >= 11 is 0. The number of hydrogen-bond donors (Lipinski definition) is 2. The number of carbonyl (C=O) groups excluding carboxylic acids is 1. The monoisotopic (exact) mass is 410 g/mol. The van der Waals surface area contributed by atoms with Crippen molar-refractivity contribution in [2.45, 2.75) is 19.4 Å². The Labute approximate surface area is 182 Å². The van der Waals surface area contributed by atoms with Crippen LogP contribution in [0.2, 0.25) is 0 Å². The first-order valence-electron chi connectivity index (χ1n) is 10.9. The van der Waals surface area contributed by atoms with E-state index in [2.05, 4.69) is 44.5 Å². The zero-order valence-electron chi connectivity index (χ0n) is 17.4. The van der Waals surface area contributed by atoms with E-state index in [1.165, 1.54) is 5.39 Å². The number of anilines is 1. The molecule has 1 atom stereocenters. The molecule has 156 valence electrons. The number of nitrogens with one attached hydrogen (secondary N) is 2. The molecule has 4 aromatic rings. The van der Waals surface area contributed by atoms with E-state index in [-0.39, 0.29) is 11.8 Å². The highest BCUT2D eigenvalue weighted by Gasteiger charge is 2.26. The van der Waals surface area contributed by atoms with Crippen LogP contribution < -0.4 is 5.32 Å². The van der Waals surface area contributed by atoms with Crippen molar-refractivity contribution < 1.29 is 4.79 Å². The summed E-state index contributed by atoms with van der Waals surface area (Å²) in [5.41, 5.74) is 5.12. The van der Waals surface area contributed by atoms with Gasteiger partial charge in [-0.05, 0) is 55.8 Å². The fourth-order valence-corrected chi connectivity index (χ4v) is 4.37. The van der Waals surface area contributed by atoms with Gasteiger partial charge in [0.2, 0.25) is 5.91 Å². The molecule has 0 aliphatic carbocycles. The van der Waals surface area contributed by atoms with E-state index in [1.807, 2.05) is 54.7 Å². The van der Waals surface area contributed by atoms with Crippen LogP contribution in [0.15, 0.2) is 79.0 Å². The highest BCUT2D eigenvalue weighted by molar-refractivity contribution is 5.94. The second-order valence-corrected chi connectivity index (χ2v) is 8.24. The van der Waals surface area contributed by atoms with Crippen molar-refractivity contribution in [2.75, 3.05) is 18.4 Å². The van der Waals surface area contributed by atoms with Gasteiger partial charge in [-0.25, -0.2) is 0 Å². The summed E-state index contributed by atoms with van der Waals surface area (Å²) in [6, 6.07) is 24.4. The van der Waals surface area contributed by atoms with E-state index in [1.54, 1.807) is 0 Å². The highest BCUT2D eigenvalue weighted by atomic mass is 16.1. The smallest absolute Gasteiger partial charge is 0.228 e. The van der Waals surface area contributed by atoms with Crippen LogP contribution in [-0.2, 0) is 11.3 Å². The summed E-state index contributed by atoms with van der Waals surface area (Å²) in [6.07, 6.45) is 3.77. The zero-order valence-corrected chi connectivity index (χ0v) is 17.4. The van der Waals surface area contributed by atoms with Crippen molar-refractivity contribution in [1.29, 1.82) is 0 Å². The molecule has 1 unspecified atom stereocenters. The Morgan fingerprint density at radius 3 is 2.84 bits per heavy atom. The van der Waals surface area contributed by atoms with Crippen LogP contribution in [0.25, 0.3) is 22.2 Å². The molecule has 5 rings (SSSR count). The molecular formula is C26H26N4O. The highest BCUT2D eigenvalue weighted by Crippen LogP contribution is 2.27. The van der Waals surface area contributed by atoms with Crippen LogP contribution in [-0.4, -0.2) is 33.9 Å². The van der Waals surface area contributed by atoms with Gasteiger partial charge in [0.05, 0.1) is 11.6 Å². The number of rotatable bonds is 5. The molecule has 5 nitrogen and oxygen atoms in total. The molecule has 1 aliphatic rings. The fraction of sp³-hybridized carbons (Fsp3) is 0.231. The number of hydrogen-bond acceptors (Lipinski definition) is 3. The number of carbonyl (C=O) groups is 1. The van der Waals surface area contributed by atoms with Crippen molar-refractivity contribution in [1.82, 2.24) is 14.9 Å². The number of para-hydroxylation sites is 1. The number of aromatic amines is 1. The first kappa shape index (κ1) is 19.5. The Hall–Kier alpha value is -3.44. The van der Waals surface area contributed by atoms with E-state index >= 15 is 0 Å². The molecule has 0 bridgehead atoms. The first-order valence-corrected chi connectivity index (χ1v) is 10.9. The zero-order chi connectivity index (χ0) is 21.0. The predicted molar refractivity (Wildman–Crippen MR) is 125 cm³/mol. The molecule has 1 saturated heterocycles. The summed E-state index contributed by atoms with van der Waals surface area (Å²) in [4.78, 5) is 23.2. The lowest BCUT2D eigenvalue weighted by atomic mass is 9.96. The van der Waals surface area contributed by atoms with Gasteiger partial charge in [0, 0.05) is 47.1 Å². The van der Waals surface area contributed by atoms with Gasteiger partial charge in [-0.1, -0.05) is 36.4 Å². The summed E-state index contributed by atoms with van der Waals surface area (Å²) in [5.74, 6) is 0.0914. The van der Waals surface area contributed by atoms with Gasteiger partial charge in [-0.3, -0.25) is 14.7 Å². The molecule has 0 radical (unpaired) electrons. The Morgan fingerprint density at radius 1 is 1.06 bits per heavy atom. The Balaban J connectivity index is 1.26. The maximum absolute atomic E-state index is 13.0. The number of H-pyrrole nitrogens is 1. The van der Waals surface area contributed by atoms with Crippen LogP contribution in [0.3, 0.4) is 0 Å². The number of fused-ring (bicyclic) bond motifs is 1. The Bertz CT molecular complexity index is 1150. The topological polar surface area (TPSA) is 61.0 Å². The molecule has 2 N–H and O–H groups in total. The van der Waals surface area contributed by atoms with Gasteiger partial charge in [0.25, 0.3) is 0 Å². The summed E-state index contributed by atoms with van der Waals surface area (Å²) in [6.45, 7) is 2.57. The minimum absolute atomic E-state index is 0.00538. The normalized spacial score (nSPS) is 17.0. The summed E-state index contributed by atoms with van der Waals surface area (Å²) in [7, 11) is 0. The number of pyridine rings is 1. The van der Waals surface area contributed by atoms with E-state index in [0.29, 0.717) is 0 Å². The quantitative estimate of drug-likeness (QED) is 0.482. The van der Waals surface area contributed by atoms with Crippen LogP contribution >= 0.6 is 0 Å². The van der Waals surface area contributed by atoms with Gasteiger partial charge in [-0.15, -0.1) is 0 Å². The molecule has 2 aromatic heterocycles. The van der Waals surface area contributed by atoms with Crippen molar-refractivity contribution in [2.24, 2.45) is 5.92 Å². The molecule has 1 amide bonds. The third kappa shape index (κ3) is 4.52. The second kappa shape index (κ2) is 8.74. The molecule has 5 heteroatoms. The minimum Gasteiger partial charge on any atom is -0.355 e. The molecule has 2 aromatic carbocycles. The lowest BCUT2D eigenvalue weighted by molar-refractivity contribution is -0.121. The molecule has 31 heavy (non-hydrogen) atoms. The molecular weight excluding hydrogens is 384 g/mol. The average Bonchev–Trinajstić information content (AvgIpc) is 3.25. The Morgan fingerprint density at radius 2 is 1.97 bits per heavy atom. The van der Waals surface area contributed by atoms with E-state index in [0.717, 1.165) is 60.6 Å². The second-order valence-electron chi connectivity index (χ2n) is 8.24. The lowest BCUT2D eigenvalue weighted by Crippen LogP contribution is -2.40. The van der Waals surface area contributed by atoms with Crippen LogP contribution in [0.1, 0.15) is 18.5 Å². The molecule has 1 aliphatic heterocycles. The van der Waals surface area contributed by atoms with Gasteiger partial charge >= 0.3 is 0 Å². The summed E-state index contributed by atoms with van der Waals surface area (Å²) in [5, 5.41) is 4.33. The van der Waals surface area contributed by atoms with Crippen molar-refractivity contribution in [3.05, 3.63) is 84.7 Å². The van der Waals surface area contributed by atoms with Gasteiger partial charge in [-0.2, -0.15) is 0 Å². The largest absolute Gasteiger partial charge is 0.355 e. The number of likely N-dealkylation sites (tertiary alicyclic amines) is 1. The number of aromatic nitrogens is 2. The van der Waals surface area contributed by atoms with Crippen molar-refractivity contribution in [3.8, 4) is 11.3 Å². The maximum Gasteiger partial charge on any atom is 0.228 e. The minimum atomic E-state index is -0.00538. The third-order valence-electron chi connectivity index (χ3n) is 5.96. The SMILES string of the molecule is O=C(Nc1cccc(-c2cc3ccccc3[nH]2)c1)C1CCCN(Cc2ccccn2)C1. The number of amides is 1. The first-order chi connectivity index (χ1) is 15.2. The van der Waals surface area contributed by atoms with Crippen LogP contribution in [0.5, 0.6) is 0 Å². The Kier molecular flexibility index (Phi) is 5.50. The molecule has 0 saturated carbocycles. The fourth-order valence-electron chi connectivity index (χ4n) is 4.37. The van der Waals surface area contributed by atoms with E-state index in [4.69, 9.17) is 0 Å². The van der Waals surface area contributed by atoms with Gasteiger partial charge in [0.15, 0.2) is 0 Å². The molecule has 1 fully saturated rings. The van der Waals surface area contributed by atoms with Crippen LogP contribution in [0, 0.1) is 5.92 Å². The number of nitrogens with zero attached hydrogens (tertiary/aromatic N) is 2. The number of benzene rings is 2. The van der Waals surface area contributed by atoms with Crippen molar-refractivity contribution >= 4 is 22.5 Å². The van der Waals surface area contributed by atoms with Gasteiger partial charge in [0.1, 0.15) is 0 Å². The van der Waals surface area contributed by atoms with E-state index in [9.17, 15) is 4.79 Å². The van der Waals surface area contributed by atoms with Crippen LogP contribution in [0.4, 0.5) is 5.69 Å². The summed E-state index contributed by atoms with van der Waals surface area (Å²) < 4.78 is 0. The maximum atomic E-state index is 13.0. The molecule has 3 heterocycles. The lowest BCUT2D eigenvalue weighted by Gasteiger charge is -2.31. The number of piperidine rings is 1. The predicted octanol–water partition coefficient (Wildman–Crippen LogP) is 5.08.